The Labute approximate surface area is 171 Å². The number of likely N-dealkylation sites (tertiary alicyclic amines) is 1. The van der Waals surface area contributed by atoms with Crippen LogP contribution in [0.4, 0.5) is 0 Å². The SMILES string of the molecule is C[C@]12CC[C@H](NCCN3CCCC3)C=C1CCC1C2CC[C@]2(C)C(=O)CCC12. The third kappa shape index (κ3) is 3.03. The van der Waals surface area contributed by atoms with Gasteiger partial charge in [0, 0.05) is 31.0 Å². The first-order valence-electron chi connectivity index (χ1n) is 12.2. The highest BCUT2D eigenvalue weighted by Gasteiger charge is 2.58. The first-order valence-corrected chi connectivity index (χ1v) is 12.2. The summed E-state index contributed by atoms with van der Waals surface area (Å²) >= 11 is 0. The van der Waals surface area contributed by atoms with Gasteiger partial charge in [-0.1, -0.05) is 25.5 Å². The molecule has 28 heavy (non-hydrogen) atoms. The van der Waals surface area contributed by atoms with Gasteiger partial charge in [0.2, 0.25) is 0 Å². The second kappa shape index (κ2) is 7.23. The fraction of sp³-hybridized carbons (Fsp3) is 0.880. The molecular weight excluding hydrogens is 344 g/mol. The Kier molecular flexibility index (Phi) is 4.99. The van der Waals surface area contributed by atoms with Crippen LogP contribution in [-0.4, -0.2) is 42.9 Å². The zero-order valence-electron chi connectivity index (χ0n) is 18.1. The number of ketones is 1. The summed E-state index contributed by atoms with van der Waals surface area (Å²) in [6, 6.07) is 0.587. The molecule has 0 aromatic rings. The van der Waals surface area contributed by atoms with Crippen LogP contribution in [0.5, 0.6) is 0 Å². The van der Waals surface area contributed by atoms with Crippen LogP contribution in [0.15, 0.2) is 11.6 Å². The molecule has 6 atom stereocenters. The van der Waals surface area contributed by atoms with E-state index in [1.165, 1.54) is 71.0 Å². The van der Waals surface area contributed by atoms with Crippen LogP contribution in [0.25, 0.3) is 0 Å². The van der Waals surface area contributed by atoms with Crippen molar-refractivity contribution in [2.75, 3.05) is 26.2 Å². The number of carbonyl (C=O) groups excluding carboxylic acids is 1. The van der Waals surface area contributed by atoms with E-state index in [0.717, 1.165) is 31.2 Å². The number of Topliss-reactive ketones (excluding diaryl/α,β-unsaturated/α-hetero) is 1. The number of carbonyl (C=O) groups is 1. The van der Waals surface area contributed by atoms with Gasteiger partial charge in [0.1, 0.15) is 5.78 Å². The van der Waals surface area contributed by atoms with Crippen molar-refractivity contribution in [3.05, 3.63) is 11.6 Å². The Morgan fingerprint density at radius 2 is 1.75 bits per heavy atom. The van der Waals surface area contributed by atoms with Crippen LogP contribution in [0.2, 0.25) is 0 Å². The lowest BCUT2D eigenvalue weighted by molar-refractivity contribution is -0.132. The molecule has 5 rings (SSSR count). The molecule has 4 aliphatic carbocycles. The van der Waals surface area contributed by atoms with Gasteiger partial charge >= 0.3 is 0 Å². The van der Waals surface area contributed by atoms with Crippen LogP contribution < -0.4 is 5.32 Å². The van der Waals surface area contributed by atoms with E-state index in [-0.39, 0.29) is 5.41 Å². The lowest BCUT2D eigenvalue weighted by Gasteiger charge is -2.57. The lowest BCUT2D eigenvalue weighted by atomic mass is 9.47. The van der Waals surface area contributed by atoms with Crippen molar-refractivity contribution < 1.29 is 4.79 Å². The summed E-state index contributed by atoms with van der Waals surface area (Å²) in [5.41, 5.74) is 2.18. The molecule has 1 saturated heterocycles. The first-order chi connectivity index (χ1) is 13.5. The van der Waals surface area contributed by atoms with Crippen LogP contribution in [0.1, 0.15) is 78.1 Å². The molecule has 0 radical (unpaired) electrons. The van der Waals surface area contributed by atoms with Gasteiger partial charge in [0.25, 0.3) is 0 Å². The molecule has 0 bridgehead atoms. The monoisotopic (exact) mass is 384 g/mol. The Bertz CT molecular complexity index is 651. The molecule has 0 amide bonds. The van der Waals surface area contributed by atoms with Gasteiger partial charge in [0.15, 0.2) is 0 Å². The van der Waals surface area contributed by atoms with E-state index < -0.39 is 0 Å². The van der Waals surface area contributed by atoms with Gasteiger partial charge in [-0.3, -0.25) is 4.79 Å². The second-order valence-electron chi connectivity index (χ2n) is 11.1. The summed E-state index contributed by atoms with van der Waals surface area (Å²) in [5.74, 6) is 2.87. The van der Waals surface area contributed by atoms with Gasteiger partial charge in [-0.25, -0.2) is 0 Å². The topological polar surface area (TPSA) is 32.3 Å². The van der Waals surface area contributed by atoms with E-state index in [1.807, 2.05) is 0 Å². The largest absolute Gasteiger partial charge is 0.309 e. The molecule has 3 unspecified atom stereocenters. The number of allylic oxidation sites excluding steroid dienone is 1. The maximum atomic E-state index is 12.6. The lowest BCUT2D eigenvalue weighted by Crippen LogP contribution is -2.51. The average Bonchev–Trinajstić information content (AvgIpc) is 3.30. The van der Waals surface area contributed by atoms with E-state index in [4.69, 9.17) is 0 Å². The highest BCUT2D eigenvalue weighted by Crippen LogP contribution is 2.64. The fourth-order valence-corrected chi connectivity index (χ4v) is 8.07. The van der Waals surface area contributed by atoms with Gasteiger partial charge < -0.3 is 10.2 Å². The second-order valence-corrected chi connectivity index (χ2v) is 11.1. The highest BCUT2D eigenvalue weighted by atomic mass is 16.1. The van der Waals surface area contributed by atoms with Crippen molar-refractivity contribution in [1.82, 2.24) is 10.2 Å². The molecule has 156 valence electrons. The van der Waals surface area contributed by atoms with Gasteiger partial charge in [-0.2, -0.15) is 0 Å². The van der Waals surface area contributed by atoms with Crippen molar-refractivity contribution in [3.63, 3.8) is 0 Å². The van der Waals surface area contributed by atoms with Gasteiger partial charge in [-0.15, -0.1) is 0 Å². The summed E-state index contributed by atoms with van der Waals surface area (Å²) < 4.78 is 0. The minimum absolute atomic E-state index is 0.0209. The molecule has 1 N–H and O–H groups in total. The van der Waals surface area contributed by atoms with Crippen molar-refractivity contribution in [2.24, 2.45) is 28.6 Å². The number of hydrogen-bond acceptors (Lipinski definition) is 3. The number of rotatable bonds is 4. The zero-order valence-corrected chi connectivity index (χ0v) is 18.1. The van der Waals surface area contributed by atoms with Crippen LogP contribution in [-0.2, 0) is 4.79 Å². The highest BCUT2D eigenvalue weighted by molar-refractivity contribution is 5.87. The van der Waals surface area contributed by atoms with Gasteiger partial charge in [-0.05, 0) is 94.0 Å². The first kappa shape index (κ1) is 19.3. The summed E-state index contributed by atoms with van der Waals surface area (Å²) in [6.07, 6.45) is 15.1. The van der Waals surface area contributed by atoms with E-state index in [0.29, 0.717) is 23.2 Å². The minimum atomic E-state index is 0.0209. The standard InChI is InChI=1S/C25H40N2O/c1-24-11-9-19(26-13-16-27-14-3-4-15-27)17-18(24)5-6-20-21-7-8-23(28)25(21,2)12-10-22(20)24/h17,19-22,26H,3-16H2,1-2H3/t19-,20?,21?,22?,24-,25-/m0/s1. The Balaban J connectivity index is 1.26. The maximum Gasteiger partial charge on any atom is 0.139 e. The third-order valence-electron chi connectivity index (χ3n) is 9.86. The van der Waals surface area contributed by atoms with Crippen LogP contribution in [0, 0.1) is 28.6 Å². The normalized spacial score (nSPS) is 46.1. The van der Waals surface area contributed by atoms with Gasteiger partial charge in [0.05, 0.1) is 0 Å². The molecule has 0 aromatic heterocycles. The zero-order chi connectivity index (χ0) is 19.4. The van der Waals surface area contributed by atoms with Crippen LogP contribution in [0.3, 0.4) is 0 Å². The molecule has 3 heteroatoms. The number of fused-ring (bicyclic) bond motifs is 5. The molecule has 4 fully saturated rings. The Hall–Kier alpha value is -0.670. The summed E-state index contributed by atoms with van der Waals surface area (Å²) in [5, 5.41) is 3.86. The predicted molar refractivity (Wildman–Crippen MR) is 114 cm³/mol. The smallest absolute Gasteiger partial charge is 0.139 e. The summed E-state index contributed by atoms with van der Waals surface area (Å²) in [7, 11) is 0. The molecular formula is C25H40N2O. The molecule has 0 spiro atoms. The molecule has 5 aliphatic rings. The molecule has 1 aliphatic heterocycles. The molecule has 1 heterocycles. The van der Waals surface area contributed by atoms with Crippen molar-refractivity contribution in [1.29, 1.82) is 0 Å². The van der Waals surface area contributed by atoms with E-state index in [1.54, 1.807) is 5.57 Å². The molecule has 3 nitrogen and oxygen atoms in total. The van der Waals surface area contributed by atoms with Crippen LogP contribution >= 0.6 is 0 Å². The third-order valence-corrected chi connectivity index (χ3v) is 9.86. The molecule has 0 aromatic carbocycles. The van der Waals surface area contributed by atoms with E-state index in [9.17, 15) is 4.79 Å². The molecule has 3 saturated carbocycles. The van der Waals surface area contributed by atoms with E-state index >= 15 is 0 Å². The maximum absolute atomic E-state index is 12.6. The average molecular weight is 385 g/mol. The predicted octanol–water partition coefficient (Wildman–Crippen LogP) is 4.57. The Morgan fingerprint density at radius 1 is 1.00 bits per heavy atom. The Morgan fingerprint density at radius 3 is 2.57 bits per heavy atom. The number of hydrogen-bond donors (Lipinski definition) is 1. The summed E-state index contributed by atoms with van der Waals surface area (Å²) in [6.45, 7) is 9.84. The van der Waals surface area contributed by atoms with Crippen molar-refractivity contribution in [2.45, 2.75) is 84.1 Å². The number of nitrogens with zero attached hydrogens (tertiary/aromatic N) is 1. The van der Waals surface area contributed by atoms with Crippen molar-refractivity contribution in [3.8, 4) is 0 Å². The minimum Gasteiger partial charge on any atom is -0.309 e. The fourth-order valence-electron chi connectivity index (χ4n) is 8.07. The summed E-state index contributed by atoms with van der Waals surface area (Å²) in [4.78, 5) is 15.2. The number of nitrogens with one attached hydrogen (secondary N) is 1. The van der Waals surface area contributed by atoms with E-state index in [2.05, 4.69) is 30.1 Å². The quantitative estimate of drug-likeness (QED) is 0.721. The van der Waals surface area contributed by atoms with Crippen molar-refractivity contribution >= 4 is 5.78 Å².